The molecule has 68 valence electrons. The molecule has 1 aliphatic rings. The van der Waals surface area contributed by atoms with Crippen molar-refractivity contribution in [2.24, 2.45) is 5.73 Å². The summed E-state index contributed by atoms with van der Waals surface area (Å²) in [5.74, 6) is 0. The Morgan fingerprint density at radius 1 is 1.31 bits per heavy atom. The minimum Gasteiger partial charge on any atom is -0.327 e. The molecule has 2 N–H and O–H groups in total. The van der Waals surface area contributed by atoms with E-state index in [0.29, 0.717) is 6.54 Å². The van der Waals surface area contributed by atoms with Crippen molar-refractivity contribution >= 4 is 0 Å². The fourth-order valence-electron chi connectivity index (χ4n) is 1.92. The third kappa shape index (κ3) is 1.29. The van der Waals surface area contributed by atoms with Crippen LogP contribution in [0.15, 0.2) is 42.5 Å². The molecule has 1 nitrogen and oxygen atoms in total. The van der Waals surface area contributed by atoms with E-state index >= 15 is 0 Å². The van der Waals surface area contributed by atoms with E-state index in [1.807, 2.05) is 6.07 Å². The van der Waals surface area contributed by atoms with Crippen LogP contribution in [0.25, 0.3) is 0 Å². The molecule has 1 heteroatoms. The molecule has 1 aromatic rings. The van der Waals surface area contributed by atoms with Crippen LogP contribution in [0.2, 0.25) is 0 Å². The SMILES string of the molecule is C=C(CN)C1(c2ccccc2)CC1. The molecule has 0 heterocycles. The molecule has 0 aliphatic heterocycles. The molecule has 0 aromatic heterocycles. The zero-order valence-electron chi connectivity index (χ0n) is 7.79. The first-order chi connectivity index (χ1) is 6.29. The molecular weight excluding hydrogens is 158 g/mol. The maximum atomic E-state index is 5.64. The van der Waals surface area contributed by atoms with Crippen LogP contribution in [0.4, 0.5) is 0 Å². The average Bonchev–Trinajstić information content (AvgIpc) is 2.99. The summed E-state index contributed by atoms with van der Waals surface area (Å²) in [5, 5.41) is 0. The lowest BCUT2D eigenvalue weighted by Gasteiger charge is -2.17. The minimum absolute atomic E-state index is 0.232. The summed E-state index contributed by atoms with van der Waals surface area (Å²) in [6, 6.07) is 10.6. The van der Waals surface area contributed by atoms with E-state index in [1.54, 1.807) is 0 Å². The van der Waals surface area contributed by atoms with Gasteiger partial charge in [0.25, 0.3) is 0 Å². The maximum absolute atomic E-state index is 5.64. The predicted molar refractivity (Wildman–Crippen MR) is 55.5 cm³/mol. The second-order valence-corrected chi connectivity index (χ2v) is 3.76. The maximum Gasteiger partial charge on any atom is 0.0172 e. The van der Waals surface area contributed by atoms with E-state index in [1.165, 1.54) is 24.0 Å². The van der Waals surface area contributed by atoms with Gasteiger partial charge in [0.15, 0.2) is 0 Å². The van der Waals surface area contributed by atoms with Crippen LogP contribution in [-0.4, -0.2) is 6.54 Å². The molecule has 1 aromatic carbocycles. The van der Waals surface area contributed by atoms with E-state index < -0.39 is 0 Å². The van der Waals surface area contributed by atoms with E-state index in [-0.39, 0.29) is 5.41 Å². The number of rotatable bonds is 3. The van der Waals surface area contributed by atoms with Crippen LogP contribution < -0.4 is 5.73 Å². The Balaban J connectivity index is 2.31. The summed E-state index contributed by atoms with van der Waals surface area (Å²) in [6.45, 7) is 4.66. The van der Waals surface area contributed by atoms with E-state index in [0.717, 1.165) is 0 Å². The summed E-state index contributed by atoms with van der Waals surface area (Å²) in [5.41, 5.74) is 8.43. The molecule has 1 fully saturated rings. The Hall–Kier alpha value is -1.08. The Morgan fingerprint density at radius 2 is 1.92 bits per heavy atom. The molecule has 1 saturated carbocycles. The standard InChI is InChI=1S/C12H15N/c1-10(9-13)12(7-8-12)11-5-3-2-4-6-11/h2-6H,1,7-9,13H2. The Bertz CT molecular complexity index is 309. The third-order valence-corrected chi connectivity index (χ3v) is 3.00. The van der Waals surface area contributed by atoms with Crippen molar-refractivity contribution in [2.45, 2.75) is 18.3 Å². The van der Waals surface area contributed by atoms with Gasteiger partial charge >= 0.3 is 0 Å². The molecule has 0 radical (unpaired) electrons. The number of benzene rings is 1. The van der Waals surface area contributed by atoms with E-state index in [2.05, 4.69) is 30.8 Å². The Labute approximate surface area is 79.3 Å². The van der Waals surface area contributed by atoms with Gasteiger partial charge in [0.05, 0.1) is 0 Å². The van der Waals surface area contributed by atoms with Crippen LogP contribution in [0, 0.1) is 0 Å². The minimum atomic E-state index is 0.232. The lowest BCUT2D eigenvalue weighted by atomic mass is 9.89. The van der Waals surface area contributed by atoms with Gasteiger partial charge in [0, 0.05) is 12.0 Å². The Morgan fingerprint density at radius 3 is 2.38 bits per heavy atom. The summed E-state index contributed by atoms with van der Waals surface area (Å²) < 4.78 is 0. The number of nitrogens with two attached hydrogens (primary N) is 1. The normalized spacial score (nSPS) is 18.2. The van der Waals surface area contributed by atoms with Gasteiger partial charge in [-0.25, -0.2) is 0 Å². The van der Waals surface area contributed by atoms with Crippen LogP contribution in [0.3, 0.4) is 0 Å². The van der Waals surface area contributed by atoms with Crippen LogP contribution in [-0.2, 0) is 5.41 Å². The molecule has 1 aliphatic carbocycles. The van der Waals surface area contributed by atoms with Crippen molar-refractivity contribution in [1.29, 1.82) is 0 Å². The zero-order chi connectivity index (χ0) is 9.31. The first-order valence-corrected chi connectivity index (χ1v) is 4.73. The molecule has 0 unspecified atom stereocenters. The summed E-state index contributed by atoms with van der Waals surface area (Å²) in [7, 11) is 0. The largest absolute Gasteiger partial charge is 0.327 e. The highest BCUT2D eigenvalue weighted by Crippen LogP contribution is 2.52. The van der Waals surface area contributed by atoms with E-state index in [9.17, 15) is 0 Å². The van der Waals surface area contributed by atoms with Crippen molar-refractivity contribution in [3.63, 3.8) is 0 Å². The highest BCUT2D eigenvalue weighted by atomic mass is 14.6. The predicted octanol–water partition coefficient (Wildman–Crippen LogP) is 2.23. The molecular formula is C12H15N. The number of hydrogen-bond donors (Lipinski definition) is 1. The van der Waals surface area contributed by atoms with Gasteiger partial charge in [-0.15, -0.1) is 0 Å². The van der Waals surface area contributed by atoms with Gasteiger partial charge in [-0.05, 0) is 18.4 Å². The van der Waals surface area contributed by atoms with Gasteiger partial charge in [0.1, 0.15) is 0 Å². The second kappa shape index (κ2) is 3.00. The molecule has 0 amide bonds. The van der Waals surface area contributed by atoms with Gasteiger partial charge in [0.2, 0.25) is 0 Å². The monoisotopic (exact) mass is 173 g/mol. The van der Waals surface area contributed by atoms with Crippen molar-refractivity contribution in [1.82, 2.24) is 0 Å². The molecule has 0 bridgehead atoms. The summed E-state index contributed by atoms with van der Waals surface area (Å²) in [6.07, 6.45) is 2.43. The third-order valence-electron chi connectivity index (χ3n) is 3.00. The number of hydrogen-bond acceptors (Lipinski definition) is 1. The molecule has 0 atom stereocenters. The van der Waals surface area contributed by atoms with Gasteiger partial charge in [-0.2, -0.15) is 0 Å². The first-order valence-electron chi connectivity index (χ1n) is 4.73. The van der Waals surface area contributed by atoms with Crippen molar-refractivity contribution in [3.8, 4) is 0 Å². The fraction of sp³-hybridized carbons (Fsp3) is 0.333. The van der Waals surface area contributed by atoms with Crippen LogP contribution in [0.1, 0.15) is 18.4 Å². The summed E-state index contributed by atoms with van der Waals surface area (Å²) in [4.78, 5) is 0. The zero-order valence-corrected chi connectivity index (χ0v) is 7.79. The van der Waals surface area contributed by atoms with Crippen LogP contribution in [0.5, 0.6) is 0 Å². The Kier molecular flexibility index (Phi) is 1.97. The van der Waals surface area contributed by atoms with Crippen molar-refractivity contribution in [3.05, 3.63) is 48.0 Å². The summed E-state index contributed by atoms with van der Waals surface area (Å²) >= 11 is 0. The topological polar surface area (TPSA) is 26.0 Å². The highest BCUT2D eigenvalue weighted by molar-refractivity contribution is 5.41. The molecule has 2 rings (SSSR count). The second-order valence-electron chi connectivity index (χ2n) is 3.76. The van der Waals surface area contributed by atoms with Crippen molar-refractivity contribution in [2.75, 3.05) is 6.54 Å². The molecule has 13 heavy (non-hydrogen) atoms. The quantitative estimate of drug-likeness (QED) is 0.697. The fourth-order valence-corrected chi connectivity index (χ4v) is 1.92. The smallest absolute Gasteiger partial charge is 0.0172 e. The highest BCUT2D eigenvalue weighted by Gasteiger charge is 2.45. The van der Waals surface area contributed by atoms with Gasteiger partial charge in [-0.1, -0.05) is 42.5 Å². The van der Waals surface area contributed by atoms with Gasteiger partial charge < -0.3 is 5.73 Å². The molecule has 0 saturated heterocycles. The molecule has 0 spiro atoms. The average molecular weight is 173 g/mol. The lowest BCUT2D eigenvalue weighted by Crippen LogP contribution is -2.16. The van der Waals surface area contributed by atoms with E-state index in [4.69, 9.17) is 5.73 Å². The van der Waals surface area contributed by atoms with Gasteiger partial charge in [-0.3, -0.25) is 0 Å². The van der Waals surface area contributed by atoms with Crippen LogP contribution >= 0.6 is 0 Å². The van der Waals surface area contributed by atoms with Crippen molar-refractivity contribution < 1.29 is 0 Å². The first kappa shape index (κ1) is 8.52. The lowest BCUT2D eigenvalue weighted by molar-refractivity contribution is 0.795.